The molecular weight excluding hydrogens is 566 g/mol. The lowest BCUT2D eigenvalue weighted by molar-refractivity contribution is -0.274. The van der Waals surface area contributed by atoms with Crippen molar-refractivity contribution in [3.63, 3.8) is 0 Å². The Morgan fingerprint density at radius 1 is 1.10 bits per heavy atom. The number of piperidine rings is 1. The van der Waals surface area contributed by atoms with Crippen molar-refractivity contribution in [2.24, 2.45) is 5.92 Å². The number of fused-ring (bicyclic) bond motifs is 1. The first-order valence-corrected chi connectivity index (χ1v) is 12.7. The van der Waals surface area contributed by atoms with E-state index in [0.717, 1.165) is 37.6 Å². The first kappa shape index (κ1) is 27.4. The van der Waals surface area contributed by atoms with Crippen LogP contribution in [-0.2, 0) is 13.1 Å². The Morgan fingerprint density at radius 2 is 1.92 bits per heavy atom. The number of hydrogen-bond acceptors (Lipinski definition) is 6. The zero-order chi connectivity index (χ0) is 27.7. The number of anilines is 1. The molecule has 39 heavy (non-hydrogen) atoms. The van der Waals surface area contributed by atoms with Crippen LogP contribution >= 0.6 is 23.2 Å². The van der Waals surface area contributed by atoms with Crippen LogP contribution in [0.3, 0.4) is 0 Å². The number of halogens is 7. The maximum absolute atomic E-state index is 13.6. The average Bonchev–Trinajstić information content (AvgIpc) is 3.21. The molecule has 2 N–H and O–H groups in total. The fraction of sp³-hybridized carbons (Fsp3) is 0.320. The quantitative estimate of drug-likeness (QED) is 0.238. The van der Waals surface area contributed by atoms with E-state index < -0.39 is 23.7 Å². The maximum Gasteiger partial charge on any atom is 0.573 e. The average molecular weight is 587 g/mol. The molecule has 206 valence electrons. The van der Waals surface area contributed by atoms with Crippen LogP contribution in [0.2, 0.25) is 10.0 Å². The third-order valence-corrected chi connectivity index (χ3v) is 6.75. The summed E-state index contributed by atoms with van der Waals surface area (Å²) in [6.45, 7) is 2.05. The lowest BCUT2D eigenvalue weighted by Crippen LogP contribution is -2.32. The molecule has 1 aliphatic heterocycles. The second-order valence-electron chi connectivity index (χ2n) is 9.07. The smallest absolute Gasteiger partial charge is 0.405 e. The summed E-state index contributed by atoms with van der Waals surface area (Å²) in [6, 6.07) is 5.85. The van der Waals surface area contributed by atoms with Crippen molar-refractivity contribution in [1.82, 2.24) is 24.8 Å². The van der Waals surface area contributed by atoms with Crippen LogP contribution in [0.5, 0.6) is 5.75 Å². The first-order valence-electron chi connectivity index (χ1n) is 11.9. The Kier molecular flexibility index (Phi) is 7.79. The van der Waals surface area contributed by atoms with E-state index in [-0.39, 0.29) is 39.8 Å². The van der Waals surface area contributed by atoms with E-state index in [9.17, 15) is 22.0 Å². The minimum atomic E-state index is -5.00. The molecule has 1 atom stereocenters. The summed E-state index contributed by atoms with van der Waals surface area (Å²) in [4.78, 5) is 13.3. The highest BCUT2D eigenvalue weighted by molar-refractivity contribution is 6.36. The maximum atomic E-state index is 13.6. The molecule has 0 radical (unpaired) electrons. The molecular formula is C25H21Cl2F5N6O. The number of imidazole rings is 1. The molecule has 2 aromatic heterocycles. The van der Waals surface area contributed by atoms with Gasteiger partial charge in [0.05, 0.1) is 16.8 Å². The number of ether oxygens (including phenoxy) is 1. The van der Waals surface area contributed by atoms with Gasteiger partial charge >= 0.3 is 6.36 Å². The Morgan fingerprint density at radius 3 is 2.64 bits per heavy atom. The van der Waals surface area contributed by atoms with Crippen LogP contribution in [0.4, 0.5) is 27.9 Å². The SMILES string of the molecule is Fc1ccc(CNc2ncc3nc(-c4c(Cl)cc(Cl)cc4OC(F)(F)F)n(C[C@@H]4CCCNC4)c3n2)cc1F. The molecule has 0 bridgehead atoms. The lowest BCUT2D eigenvalue weighted by Gasteiger charge is -2.24. The van der Waals surface area contributed by atoms with Crippen molar-refractivity contribution in [2.45, 2.75) is 32.3 Å². The first-order chi connectivity index (χ1) is 18.6. The van der Waals surface area contributed by atoms with Gasteiger partial charge in [-0.25, -0.2) is 18.7 Å². The predicted molar refractivity (Wildman–Crippen MR) is 137 cm³/mol. The Hall–Kier alpha value is -3.22. The highest BCUT2D eigenvalue weighted by Gasteiger charge is 2.34. The van der Waals surface area contributed by atoms with E-state index in [4.69, 9.17) is 23.2 Å². The van der Waals surface area contributed by atoms with Gasteiger partial charge in [0.1, 0.15) is 17.1 Å². The molecule has 1 saturated heterocycles. The molecule has 5 rings (SSSR count). The molecule has 0 spiro atoms. The number of rotatable bonds is 7. The molecule has 14 heteroatoms. The van der Waals surface area contributed by atoms with Crippen molar-refractivity contribution in [3.05, 3.63) is 63.8 Å². The van der Waals surface area contributed by atoms with Gasteiger partial charge < -0.3 is 19.9 Å². The molecule has 1 fully saturated rings. The van der Waals surface area contributed by atoms with Crippen molar-refractivity contribution in [3.8, 4) is 17.1 Å². The molecule has 2 aromatic carbocycles. The number of nitrogens with zero attached hydrogens (tertiary/aromatic N) is 4. The van der Waals surface area contributed by atoms with Gasteiger partial charge in [-0.1, -0.05) is 29.3 Å². The predicted octanol–water partition coefficient (Wildman–Crippen LogP) is 6.59. The fourth-order valence-electron chi connectivity index (χ4n) is 4.51. The normalized spacial score (nSPS) is 16.0. The monoisotopic (exact) mass is 586 g/mol. The van der Waals surface area contributed by atoms with Crippen LogP contribution < -0.4 is 15.4 Å². The third-order valence-electron chi connectivity index (χ3n) is 6.23. The minimum absolute atomic E-state index is 0.0364. The number of benzene rings is 2. The van der Waals surface area contributed by atoms with Gasteiger partial charge in [0.2, 0.25) is 5.95 Å². The third kappa shape index (κ3) is 6.34. The van der Waals surface area contributed by atoms with Gasteiger partial charge in [-0.2, -0.15) is 4.98 Å². The molecule has 1 aliphatic rings. The number of nitrogens with one attached hydrogen (secondary N) is 2. The number of hydrogen-bond donors (Lipinski definition) is 2. The van der Waals surface area contributed by atoms with E-state index in [2.05, 4.69) is 30.3 Å². The summed E-state index contributed by atoms with van der Waals surface area (Å²) >= 11 is 12.4. The summed E-state index contributed by atoms with van der Waals surface area (Å²) in [5.41, 5.74) is 1.04. The summed E-state index contributed by atoms with van der Waals surface area (Å²) in [5, 5.41) is 6.16. The van der Waals surface area contributed by atoms with Crippen molar-refractivity contribution in [2.75, 3.05) is 18.4 Å². The van der Waals surface area contributed by atoms with E-state index in [1.165, 1.54) is 18.3 Å². The van der Waals surface area contributed by atoms with Gasteiger partial charge in [0.15, 0.2) is 17.3 Å². The largest absolute Gasteiger partial charge is 0.573 e. The molecule has 0 amide bonds. The molecule has 0 saturated carbocycles. The van der Waals surface area contributed by atoms with Crippen molar-refractivity contribution in [1.29, 1.82) is 0 Å². The Bertz CT molecular complexity index is 1510. The summed E-state index contributed by atoms with van der Waals surface area (Å²) < 4.78 is 72.7. The van der Waals surface area contributed by atoms with E-state index in [1.54, 1.807) is 4.57 Å². The molecule has 3 heterocycles. The van der Waals surface area contributed by atoms with Crippen LogP contribution in [0.25, 0.3) is 22.6 Å². The number of alkyl halides is 3. The van der Waals surface area contributed by atoms with Gasteiger partial charge in [-0.3, -0.25) is 0 Å². The van der Waals surface area contributed by atoms with Crippen molar-refractivity contribution < 1.29 is 26.7 Å². The highest BCUT2D eigenvalue weighted by atomic mass is 35.5. The second kappa shape index (κ2) is 11.1. The fourth-order valence-corrected chi connectivity index (χ4v) is 5.07. The zero-order valence-corrected chi connectivity index (χ0v) is 21.6. The van der Waals surface area contributed by atoms with Gasteiger partial charge in [-0.15, -0.1) is 13.2 Å². The topological polar surface area (TPSA) is 76.9 Å². The molecule has 7 nitrogen and oxygen atoms in total. The van der Waals surface area contributed by atoms with Crippen LogP contribution in [0, 0.1) is 17.6 Å². The van der Waals surface area contributed by atoms with Crippen LogP contribution in [0.15, 0.2) is 36.5 Å². The van der Waals surface area contributed by atoms with Gasteiger partial charge in [-0.05, 0) is 61.7 Å². The van der Waals surface area contributed by atoms with Gasteiger partial charge in [0, 0.05) is 18.1 Å². The number of aromatic nitrogens is 4. The van der Waals surface area contributed by atoms with Crippen LogP contribution in [-0.4, -0.2) is 39.0 Å². The summed E-state index contributed by atoms with van der Waals surface area (Å²) in [7, 11) is 0. The molecule has 0 unspecified atom stereocenters. The summed E-state index contributed by atoms with van der Waals surface area (Å²) in [5.74, 6) is -2.12. The molecule has 4 aromatic rings. The van der Waals surface area contributed by atoms with Crippen LogP contribution in [0.1, 0.15) is 18.4 Å². The van der Waals surface area contributed by atoms with Gasteiger partial charge in [0.25, 0.3) is 0 Å². The second-order valence-corrected chi connectivity index (χ2v) is 9.92. The Labute approximate surface area is 229 Å². The molecule has 0 aliphatic carbocycles. The summed E-state index contributed by atoms with van der Waals surface area (Å²) in [6.07, 6.45) is -1.75. The zero-order valence-electron chi connectivity index (χ0n) is 20.1. The van der Waals surface area contributed by atoms with E-state index in [0.29, 0.717) is 29.8 Å². The standard InChI is InChI=1S/C25H21Cl2F5N6O/c26-15-7-16(27)21(20(8-15)39-25(30,31)32)23-36-19-11-35-24(34-10-13-3-4-17(28)18(29)6-13)37-22(19)38(23)12-14-2-1-5-33-9-14/h3-4,6-8,11,14,33H,1-2,5,9-10,12H2,(H,34,35,37)/t14-/m1/s1. The minimum Gasteiger partial charge on any atom is -0.405 e. The van der Waals surface area contributed by atoms with E-state index in [1.807, 2.05) is 0 Å². The lowest BCUT2D eigenvalue weighted by atomic mass is 9.99. The highest BCUT2D eigenvalue weighted by Crippen LogP contribution is 2.42. The van der Waals surface area contributed by atoms with Crippen molar-refractivity contribution >= 4 is 40.3 Å². The Balaban J connectivity index is 1.58. The van der Waals surface area contributed by atoms with E-state index >= 15 is 0 Å².